The zero-order valence-electron chi connectivity index (χ0n) is 15.7. The van der Waals surface area contributed by atoms with Crippen LogP contribution in [0, 0.1) is 0 Å². The molecule has 2 amide bonds. The van der Waals surface area contributed by atoms with Crippen LogP contribution < -0.4 is 5.32 Å². The van der Waals surface area contributed by atoms with Crippen LogP contribution in [0.2, 0.25) is 0 Å². The van der Waals surface area contributed by atoms with Gasteiger partial charge in [-0.1, -0.05) is 29.5 Å². The number of aromatic nitrogens is 1. The van der Waals surface area contributed by atoms with Crippen molar-refractivity contribution in [3.05, 3.63) is 53.6 Å². The average molecular weight is 430 g/mol. The second kappa shape index (κ2) is 7.57. The van der Waals surface area contributed by atoms with E-state index < -0.39 is 9.84 Å². The Balaban J connectivity index is 1.33. The summed E-state index contributed by atoms with van der Waals surface area (Å²) in [6, 6.07) is 12.2. The van der Waals surface area contributed by atoms with E-state index in [0.717, 1.165) is 17.4 Å². The van der Waals surface area contributed by atoms with Gasteiger partial charge in [-0.05, 0) is 36.2 Å². The van der Waals surface area contributed by atoms with E-state index in [2.05, 4.69) is 10.3 Å². The van der Waals surface area contributed by atoms with E-state index in [9.17, 15) is 18.0 Å². The SMILES string of the molecule is CS(=O)(=O)c1ccc2nc(NC(=O)CCCN3Cc4ccccc4C3=O)sc2c1. The third kappa shape index (κ3) is 4.15. The molecule has 0 radical (unpaired) electrons. The zero-order valence-corrected chi connectivity index (χ0v) is 17.3. The van der Waals surface area contributed by atoms with Gasteiger partial charge in [0.15, 0.2) is 15.0 Å². The Kier molecular flexibility index (Phi) is 5.10. The molecule has 1 aliphatic heterocycles. The minimum atomic E-state index is -3.29. The molecule has 0 aliphatic carbocycles. The highest BCUT2D eigenvalue weighted by Crippen LogP contribution is 2.28. The molecule has 4 rings (SSSR count). The van der Waals surface area contributed by atoms with Crippen molar-refractivity contribution in [2.75, 3.05) is 18.1 Å². The summed E-state index contributed by atoms with van der Waals surface area (Å²) in [4.78, 5) is 30.9. The molecule has 9 heteroatoms. The Bertz CT molecular complexity index is 1220. The Morgan fingerprint density at radius 2 is 2.03 bits per heavy atom. The highest BCUT2D eigenvalue weighted by molar-refractivity contribution is 7.90. The van der Waals surface area contributed by atoms with Crippen LogP contribution in [0.15, 0.2) is 47.4 Å². The molecule has 29 heavy (non-hydrogen) atoms. The van der Waals surface area contributed by atoms with Crippen LogP contribution in [0.25, 0.3) is 10.2 Å². The van der Waals surface area contributed by atoms with Crippen molar-refractivity contribution in [1.29, 1.82) is 0 Å². The monoisotopic (exact) mass is 429 g/mol. The molecule has 2 heterocycles. The molecule has 0 spiro atoms. The largest absolute Gasteiger partial charge is 0.334 e. The number of hydrogen-bond donors (Lipinski definition) is 1. The molecule has 0 unspecified atom stereocenters. The number of benzene rings is 2. The van der Waals surface area contributed by atoms with Gasteiger partial charge >= 0.3 is 0 Å². The van der Waals surface area contributed by atoms with Crippen molar-refractivity contribution in [3.8, 4) is 0 Å². The molecule has 1 aromatic heterocycles. The highest BCUT2D eigenvalue weighted by Gasteiger charge is 2.26. The molecule has 0 fully saturated rings. The van der Waals surface area contributed by atoms with E-state index in [1.807, 2.05) is 24.3 Å². The molecule has 0 atom stereocenters. The highest BCUT2D eigenvalue weighted by atomic mass is 32.2. The van der Waals surface area contributed by atoms with E-state index in [4.69, 9.17) is 0 Å². The van der Waals surface area contributed by atoms with Crippen LogP contribution >= 0.6 is 11.3 Å². The summed E-state index contributed by atoms with van der Waals surface area (Å²) in [5.41, 5.74) is 2.39. The maximum Gasteiger partial charge on any atom is 0.254 e. The predicted molar refractivity (Wildman–Crippen MR) is 112 cm³/mol. The second-order valence-corrected chi connectivity index (χ2v) is 10.0. The lowest BCUT2D eigenvalue weighted by Crippen LogP contribution is -2.26. The standard InChI is InChI=1S/C20H19N3O4S2/c1-29(26,27)14-8-9-16-17(11-14)28-20(21-16)22-18(24)7-4-10-23-12-13-5-2-3-6-15(13)19(23)25/h2-3,5-6,8-9,11H,4,7,10,12H2,1H3,(H,21,22,24). The minimum absolute atomic E-state index is 0.00821. The van der Waals surface area contributed by atoms with Gasteiger partial charge in [-0.15, -0.1) is 0 Å². The number of carbonyl (C=O) groups excluding carboxylic acids is 2. The number of hydrogen-bond acceptors (Lipinski definition) is 6. The summed E-state index contributed by atoms with van der Waals surface area (Å²) < 4.78 is 24.0. The van der Waals surface area contributed by atoms with Gasteiger partial charge in [-0.3, -0.25) is 9.59 Å². The molecular weight excluding hydrogens is 410 g/mol. The number of thiazole rings is 1. The molecule has 1 aliphatic rings. The summed E-state index contributed by atoms with van der Waals surface area (Å²) in [5, 5.41) is 3.19. The van der Waals surface area contributed by atoms with Crippen molar-refractivity contribution >= 4 is 48.3 Å². The molecule has 0 saturated heterocycles. The summed E-state index contributed by atoms with van der Waals surface area (Å²) in [6.45, 7) is 1.09. The fraction of sp³-hybridized carbons (Fsp3) is 0.250. The van der Waals surface area contributed by atoms with E-state index in [-0.39, 0.29) is 23.1 Å². The topological polar surface area (TPSA) is 96.4 Å². The van der Waals surface area contributed by atoms with Gasteiger partial charge in [0.05, 0.1) is 15.1 Å². The molecule has 3 aromatic rings. The number of amides is 2. The molecule has 150 valence electrons. The number of anilines is 1. The van der Waals surface area contributed by atoms with Gasteiger partial charge in [-0.2, -0.15) is 0 Å². The third-order valence-corrected chi connectivity index (χ3v) is 6.81. The van der Waals surface area contributed by atoms with Gasteiger partial charge in [0.2, 0.25) is 5.91 Å². The van der Waals surface area contributed by atoms with Crippen LogP contribution in [-0.4, -0.2) is 42.9 Å². The van der Waals surface area contributed by atoms with E-state index >= 15 is 0 Å². The van der Waals surface area contributed by atoms with Crippen molar-refractivity contribution in [1.82, 2.24) is 9.88 Å². The van der Waals surface area contributed by atoms with Gasteiger partial charge in [0, 0.05) is 31.3 Å². The fourth-order valence-electron chi connectivity index (χ4n) is 3.30. The lowest BCUT2D eigenvalue weighted by molar-refractivity contribution is -0.116. The van der Waals surface area contributed by atoms with Crippen molar-refractivity contribution in [2.24, 2.45) is 0 Å². The van der Waals surface area contributed by atoms with Gasteiger partial charge in [-0.25, -0.2) is 13.4 Å². The smallest absolute Gasteiger partial charge is 0.254 e. The Hall–Kier alpha value is -2.78. The summed E-state index contributed by atoms with van der Waals surface area (Å²) in [7, 11) is -3.29. The molecular formula is C20H19N3O4S2. The van der Waals surface area contributed by atoms with Gasteiger partial charge in [0.1, 0.15) is 0 Å². The predicted octanol–water partition coefficient (Wildman–Crippen LogP) is 3.07. The van der Waals surface area contributed by atoms with Crippen LogP contribution in [0.4, 0.5) is 5.13 Å². The minimum Gasteiger partial charge on any atom is -0.334 e. The maximum atomic E-state index is 12.3. The Morgan fingerprint density at radius 1 is 1.24 bits per heavy atom. The van der Waals surface area contributed by atoms with E-state index in [1.165, 1.54) is 17.4 Å². The lowest BCUT2D eigenvalue weighted by Gasteiger charge is -2.14. The van der Waals surface area contributed by atoms with Crippen LogP contribution in [0.5, 0.6) is 0 Å². The second-order valence-electron chi connectivity index (χ2n) is 6.96. The third-order valence-electron chi connectivity index (χ3n) is 4.76. The first kappa shape index (κ1) is 19.5. The first-order chi connectivity index (χ1) is 13.8. The molecule has 0 bridgehead atoms. The van der Waals surface area contributed by atoms with E-state index in [0.29, 0.717) is 34.9 Å². The number of rotatable bonds is 6. The first-order valence-electron chi connectivity index (χ1n) is 9.09. The number of sulfone groups is 1. The summed E-state index contributed by atoms with van der Waals surface area (Å²) in [5.74, 6) is -0.176. The maximum absolute atomic E-state index is 12.3. The van der Waals surface area contributed by atoms with Gasteiger partial charge in [0.25, 0.3) is 5.91 Å². The number of nitrogens with one attached hydrogen (secondary N) is 1. The normalized spacial score (nSPS) is 13.7. The first-order valence-corrected chi connectivity index (χ1v) is 11.8. The quantitative estimate of drug-likeness (QED) is 0.650. The molecule has 0 saturated carbocycles. The Labute approximate surface area is 172 Å². The van der Waals surface area contributed by atoms with Crippen molar-refractivity contribution in [2.45, 2.75) is 24.3 Å². The van der Waals surface area contributed by atoms with Crippen molar-refractivity contribution < 1.29 is 18.0 Å². The number of carbonyl (C=O) groups is 2. The lowest BCUT2D eigenvalue weighted by atomic mass is 10.1. The zero-order chi connectivity index (χ0) is 20.6. The molecule has 2 aromatic carbocycles. The number of fused-ring (bicyclic) bond motifs is 2. The fourth-order valence-corrected chi connectivity index (χ4v) is 4.94. The van der Waals surface area contributed by atoms with Crippen LogP contribution in [0.1, 0.15) is 28.8 Å². The van der Waals surface area contributed by atoms with E-state index in [1.54, 1.807) is 17.0 Å². The van der Waals surface area contributed by atoms with Crippen LogP contribution in [0.3, 0.4) is 0 Å². The molecule has 1 N–H and O–H groups in total. The average Bonchev–Trinajstić information content (AvgIpc) is 3.21. The Morgan fingerprint density at radius 3 is 2.79 bits per heavy atom. The van der Waals surface area contributed by atoms with Crippen molar-refractivity contribution in [3.63, 3.8) is 0 Å². The summed E-state index contributed by atoms with van der Waals surface area (Å²) in [6.07, 6.45) is 1.97. The molecule has 7 nitrogen and oxygen atoms in total. The van der Waals surface area contributed by atoms with Gasteiger partial charge < -0.3 is 10.2 Å². The summed E-state index contributed by atoms with van der Waals surface area (Å²) >= 11 is 1.23. The van der Waals surface area contributed by atoms with Crippen LogP contribution in [-0.2, 0) is 21.2 Å². The number of nitrogens with zero attached hydrogens (tertiary/aromatic N) is 2.